The summed E-state index contributed by atoms with van der Waals surface area (Å²) in [5.41, 5.74) is 0. The monoisotopic (exact) mass is 276 g/mol. The smallest absolute Gasteiger partial charge is 0.191 e. The number of methoxy groups -OCH3 is 1. The summed E-state index contributed by atoms with van der Waals surface area (Å²) in [5.74, 6) is 0.491. The summed E-state index contributed by atoms with van der Waals surface area (Å²) >= 11 is 0. The van der Waals surface area contributed by atoms with E-state index in [2.05, 4.69) is 47.7 Å². The van der Waals surface area contributed by atoms with Gasteiger partial charge in [0.15, 0.2) is 8.32 Å². The summed E-state index contributed by atoms with van der Waals surface area (Å²) in [6, 6.07) is 0. The Labute approximate surface area is 114 Å². The molecule has 0 aliphatic carbocycles. The van der Waals surface area contributed by atoms with Gasteiger partial charge in [0.2, 0.25) is 0 Å². The van der Waals surface area contributed by atoms with Gasteiger partial charge in [0.1, 0.15) is 6.79 Å². The second kappa shape index (κ2) is 7.63. The first-order valence-electron chi connectivity index (χ1n) is 6.86. The van der Waals surface area contributed by atoms with Crippen LogP contribution in [0.3, 0.4) is 0 Å². The molecule has 0 fully saturated rings. The molecular formula is C14H32O3Si. The van der Waals surface area contributed by atoms with Gasteiger partial charge in [0.25, 0.3) is 0 Å². The molecule has 18 heavy (non-hydrogen) atoms. The Morgan fingerprint density at radius 3 is 2.11 bits per heavy atom. The maximum absolute atomic E-state index is 6.17. The lowest BCUT2D eigenvalue weighted by molar-refractivity contribution is -0.0837. The van der Waals surface area contributed by atoms with Crippen LogP contribution in [0.2, 0.25) is 18.1 Å². The van der Waals surface area contributed by atoms with E-state index in [9.17, 15) is 0 Å². The van der Waals surface area contributed by atoms with Crippen LogP contribution < -0.4 is 0 Å². The first-order valence-corrected chi connectivity index (χ1v) is 9.77. The Hall–Kier alpha value is 0.0969. The topological polar surface area (TPSA) is 27.7 Å². The van der Waals surface area contributed by atoms with Crippen molar-refractivity contribution in [1.29, 1.82) is 0 Å². The Morgan fingerprint density at radius 1 is 1.11 bits per heavy atom. The van der Waals surface area contributed by atoms with E-state index in [1.807, 2.05) is 0 Å². The molecule has 0 saturated carbocycles. The molecule has 4 heteroatoms. The Kier molecular flexibility index (Phi) is 7.67. The number of ether oxygens (including phenoxy) is 2. The van der Waals surface area contributed by atoms with Crippen LogP contribution in [0.1, 0.15) is 41.0 Å². The molecule has 0 amide bonds. The van der Waals surface area contributed by atoms with Crippen molar-refractivity contribution in [3.63, 3.8) is 0 Å². The molecule has 0 saturated heterocycles. The van der Waals surface area contributed by atoms with Gasteiger partial charge in [-0.3, -0.25) is 0 Å². The molecule has 0 N–H and O–H groups in total. The van der Waals surface area contributed by atoms with Gasteiger partial charge in [0, 0.05) is 13.7 Å². The van der Waals surface area contributed by atoms with Gasteiger partial charge in [-0.25, -0.2) is 0 Å². The molecule has 0 radical (unpaired) electrons. The highest BCUT2D eigenvalue weighted by atomic mass is 28.4. The average molecular weight is 276 g/mol. The van der Waals surface area contributed by atoms with Crippen LogP contribution in [-0.2, 0) is 13.9 Å². The zero-order valence-electron chi connectivity index (χ0n) is 13.5. The van der Waals surface area contributed by atoms with Crippen molar-refractivity contribution in [2.24, 2.45) is 5.92 Å². The highest BCUT2D eigenvalue weighted by Crippen LogP contribution is 2.36. The standard InChI is InChI=1S/C14H32O3Si/c1-12(13(2)16-11-15-6)9-10-17-18(7,8)14(3,4)5/h12-13H,9-11H2,1-8H3/t12-,13-/m0/s1. The van der Waals surface area contributed by atoms with Gasteiger partial charge in [-0.15, -0.1) is 0 Å². The molecule has 3 nitrogen and oxygen atoms in total. The largest absolute Gasteiger partial charge is 0.417 e. The normalized spacial score (nSPS) is 16.7. The third kappa shape index (κ3) is 6.32. The maximum Gasteiger partial charge on any atom is 0.191 e. The first-order chi connectivity index (χ1) is 8.12. The molecule has 0 aromatic heterocycles. The van der Waals surface area contributed by atoms with Gasteiger partial charge < -0.3 is 13.9 Å². The molecule has 0 aliphatic rings. The van der Waals surface area contributed by atoms with Gasteiger partial charge in [-0.05, 0) is 37.4 Å². The number of hydrogen-bond donors (Lipinski definition) is 0. The molecule has 0 aromatic carbocycles. The molecule has 0 heterocycles. The van der Waals surface area contributed by atoms with Crippen LogP contribution in [0.15, 0.2) is 0 Å². The summed E-state index contributed by atoms with van der Waals surface area (Å²) in [7, 11) is 0.0533. The quantitative estimate of drug-likeness (QED) is 0.494. The third-order valence-electron chi connectivity index (χ3n) is 4.09. The van der Waals surface area contributed by atoms with E-state index in [4.69, 9.17) is 13.9 Å². The van der Waals surface area contributed by atoms with Gasteiger partial charge >= 0.3 is 0 Å². The van der Waals surface area contributed by atoms with E-state index in [1.165, 1.54) is 0 Å². The summed E-state index contributed by atoms with van der Waals surface area (Å²) in [4.78, 5) is 0. The summed E-state index contributed by atoms with van der Waals surface area (Å²) in [5, 5.41) is 0.286. The zero-order chi connectivity index (χ0) is 14.4. The second-order valence-corrected chi connectivity index (χ2v) is 11.5. The Balaban J connectivity index is 3.97. The molecule has 0 bridgehead atoms. The van der Waals surface area contributed by atoms with Crippen LogP contribution in [-0.4, -0.2) is 34.9 Å². The number of hydrogen-bond acceptors (Lipinski definition) is 3. The first kappa shape index (κ1) is 18.1. The highest BCUT2D eigenvalue weighted by Gasteiger charge is 2.37. The van der Waals surface area contributed by atoms with Crippen molar-refractivity contribution in [1.82, 2.24) is 0 Å². The predicted octanol–water partition coefficient (Wildman–Crippen LogP) is 4.04. The van der Waals surface area contributed by atoms with Crippen molar-refractivity contribution in [2.45, 2.75) is 65.3 Å². The predicted molar refractivity (Wildman–Crippen MR) is 79.4 cm³/mol. The van der Waals surface area contributed by atoms with E-state index in [0.29, 0.717) is 12.7 Å². The minimum atomic E-state index is -1.60. The molecule has 110 valence electrons. The van der Waals surface area contributed by atoms with Crippen molar-refractivity contribution in [2.75, 3.05) is 20.5 Å². The minimum Gasteiger partial charge on any atom is -0.417 e. The van der Waals surface area contributed by atoms with Gasteiger partial charge in [-0.2, -0.15) is 0 Å². The molecule has 0 aromatic rings. The number of rotatable bonds is 8. The van der Waals surface area contributed by atoms with E-state index < -0.39 is 8.32 Å². The van der Waals surface area contributed by atoms with Crippen LogP contribution in [0.4, 0.5) is 0 Å². The molecule has 0 spiro atoms. The van der Waals surface area contributed by atoms with Crippen LogP contribution in [0, 0.1) is 5.92 Å². The van der Waals surface area contributed by atoms with Crippen molar-refractivity contribution >= 4 is 8.32 Å². The molecule has 0 rings (SSSR count). The molecule has 2 atom stereocenters. The Morgan fingerprint density at radius 2 is 1.67 bits per heavy atom. The fraction of sp³-hybridized carbons (Fsp3) is 1.00. The lowest BCUT2D eigenvalue weighted by atomic mass is 10.0. The second-order valence-electron chi connectivity index (χ2n) is 6.65. The van der Waals surface area contributed by atoms with Crippen LogP contribution in [0.25, 0.3) is 0 Å². The van der Waals surface area contributed by atoms with E-state index in [1.54, 1.807) is 7.11 Å². The van der Waals surface area contributed by atoms with E-state index >= 15 is 0 Å². The average Bonchev–Trinajstić information content (AvgIpc) is 2.23. The molecule has 0 unspecified atom stereocenters. The molecule has 0 aliphatic heterocycles. The maximum atomic E-state index is 6.17. The fourth-order valence-corrected chi connectivity index (χ4v) is 2.35. The van der Waals surface area contributed by atoms with Gasteiger partial charge in [-0.1, -0.05) is 27.7 Å². The van der Waals surface area contributed by atoms with Crippen molar-refractivity contribution < 1.29 is 13.9 Å². The lowest BCUT2D eigenvalue weighted by Crippen LogP contribution is -2.41. The highest BCUT2D eigenvalue weighted by molar-refractivity contribution is 6.74. The SMILES string of the molecule is COCO[C@@H](C)[C@@H](C)CCO[Si](C)(C)C(C)(C)C. The Bertz CT molecular complexity index is 224. The fourth-order valence-electron chi connectivity index (χ4n) is 1.29. The van der Waals surface area contributed by atoms with E-state index in [0.717, 1.165) is 13.0 Å². The van der Waals surface area contributed by atoms with Crippen LogP contribution >= 0.6 is 0 Å². The van der Waals surface area contributed by atoms with Gasteiger partial charge in [0.05, 0.1) is 6.10 Å². The summed E-state index contributed by atoms with van der Waals surface area (Å²) in [6.45, 7) is 16.9. The zero-order valence-corrected chi connectivity index (χ0v) is 14.5. The minimum absolute atomic E-state index is 0.216. The van der Waals surface area contributed by atoms with E-state index in [-0.39, 0.29) is 11.1 Å². The van der Waals surface area contributed by atoms with Crippen molar-refractivity contribution in [3.8, 4) is 0 Å². The van der Waals surface area contributed by atoms with Crippen LogP contribution in [0.5, 0.6) is 0 Å². The molecular weight excluding hydrogens is 244 g/mol. The lowest BCUT2D eigenvalue weighted by Gasteiger charge is -2.36. The summed E-state index contributed by atoms with van der Waals surface area (Å²) in [6.07, 6.45) is 1.25. The third-order valence-corrected chi connectivity index (χ3v) is 8.63. The summed E-state index contributed by atoms with van der Waals surface area (Å²) < 4.78 is 16.6. The van der Waals surface area contributed by atoms with Crippen molar-refractivity contribution in [3.05, 3.63) is 0 Å².